The normalized spacial score (nSPS) is 15.6. The highest BCUT2D eigenvalue weighted by Crippen LogP contribution is 2.40. The Bertz CT molecular complexity index is 1300. The third-order valence-corrected chi connectivity index (χ3v) is 6.33. The van der Waals surface area contributed by atoms with E-state index in [-0.39, 0.29) is 5.91 Å². The summed E-state index contributed by atoms with van der Waals surface area (Å²) >= 11 is 4.71. The molecule has 0 radical (unpaired) electrons. The lowest BCUT2D eigenvalue weighted by molar-refractivity contribution is -0.139. The second kappa shape index (κ2) is 11.2. The Hall–Kier alpha value is -3.56. The number of ether oxygens (including phenoxy) is 2. The van der Waals surface area contributed by atoms with E-state index in [1.165, 1.54) is 11.8 Å². The van der Waals surface area contributed by atoms with Gasteiger partial charge in [0.25, 0.3) is 5.91 Å². The number of benzene rings is 3. The van der Waals surface area contributed by atoms with Crippen LogP contribution in [0.2, 0.25) is 0 Å². The maximum absolute atomic E-state index is 13.5. The number of hydrogen-bond acceptors (Lipinski definition) is 6. The van der Waals surface area contributed by atoms with Crippen LogP contribution in [0.4, 0.5) is 11.4 Å². The van der Waals surface area contributed by atoms with E-state index < -0.39 is 12.6 Å². The highest BCUT2D eigenvalue weighted by molar-refractivity contribution is 9.10. The zero-order chi connectivity index (χ0) is 24.8. The smallest absolute Gasteiger partial charge is 0.341 e. The minimum atomic E-state index is -1.09. The number of amidine groups is 1. The molecule has 0 atom stereocenters. The first-order valence-corrected chi connectivity index (χ1v) is 12.3. The monoisotopic (exact) mass is 552 g/mol. The Morgan fingerprint density at radius 1 is 1.09 bits per heavy atom. The van der Waals surface area contributed by atoms with E-state index in [0.29, 0.717) is 38.2 Å². The largest absolute Gasteiger partial charge is 0.490 e. The standard InChI is InChI=1S/C26H21BrN2O5S/c1-2-33-21-14-17(13-20(27)24(21)34-16-23(30)31)15-22-25(32)29(19-11-7-4-8-12-19)26(35-22)28-18-9-5-3-6-10-18/h3-15H,2,16H2,1H3,(H,30,31)/b22-15+,28-26?. The fourth-order valence-electron chi connectivity index (χ4n) is 3.33. The van der Waals surface area contributed by atoms with Gasteiger partial charge in [-0.25, -0.2) is 9.79 Å². The van der Waals surface area contributed by atoms with E-state index in [9.17, 15) is 9.59 Å². The van der Waals surface area contributed by atoms with Crippen LogP contribution in [0.1, 0.15) is 12.5 Å². The number of nitrogens with zero attached hydrogens (tertiary/aromatic N) is 2. The number of carboxylic acid groups (broad SMARTS) is 1. The molecule has 1 heterocycles. The van der Waals surface area contributed by atoms with Crippen molar-refractivity contribution in [3.63, 3.8) is 0 Å². The van der Waals surface area contributed by atoms with Crippen molar-refractivity contribution in [1.29, 1.82) is 0 Å². The fraction of sp³-hybridized carbons (Fsp3) is 0.115. The molecule has 7 nitrogen and oxygen atoms in total. The molecule has 1 N–H and O–H groups in total. The topological polar surface area (TPSA) is 88.4 Å². The molecule has 0 spiro atoms. The molecular formula is C26H21BrN2O5S. The first-order valence-electron chi connectivity index (χ1n) is 10.7. The third kappa shape index (κ3) is 5.93. The molecule has 1 saturated heterocycles. The number of carboxylic acids is 1. The minimum absolute atomic E-state index is 0.198. The molecule has 1 aliphatic rings. The first kappa shape index (κ1) is 24.6. The van der Waals surface area contributed by atoms with Crippen LogP contribution in [0, 0.1) is 0 Å². The van der Waals surface area contributed by atoms with Crippen LogP contribution < -0.4 is 14.4 Å². The van der Waals surface area contributed by atoms with Gasteiger partial charge in [0.15, 0.2) is 23.3 Å². The predicted molar refractivity (Wildman–Crippen MR) is 141 cm³/mol. The van der Waals surface area contributed by atoms with E-state index in [1.807, 2.05) is 67.6 Å². The number of thioether (sulfide) groups is 1. The van der Waals surface area contributed by atoms with E-state index in [1.54, 1.807) is 23.1 Å². The van der Waals surface area contributed by atoms with Crippen molar-refractivity contribution < 1.29 is 24.2 Å². The highest BCUT2D eigenvalue weighted by atomic mass is 79.9. The van der Waals surface area contributed by atoms with Crippen molar-refractivity contribution >= 4 is 62.2 Å². The van der Waals surface area contributed by atoms with Crippen molar-refractivity contribution in [2.24, 2.45) is 4.99 Å². The zero-order valence-electron chi connectivity index (χ0n) is 18.7. The second-order valence-electron chi connectivity index (χ2n) is 7.26. The molecule has 1 aliphatic heterocycles. The summed E-state index contributed by atoms with van der Waals surface area (Å²) < 4.78 is 11.6. The average molecular weight is 553 g/mol. The van der Waals surface area contributed by atoms with Crippen molar-refractivity contribution in [2.45, 2.75) is 6.92 Å². The van der Waals surface area contributed by atoms with Gasteiger partial charge in [-0.05, 0) is 82.7 Å². The Balaban J connectivity index is 1.73. The molecule has 178 valence electrons. The maximum atomic E-state index is 13.5. The SMILES string of the molecule is CCOc1cc(/C=C2/SC(=Nc3ccccc3)N(c3ccccc3)C2=O)cc(Br)c1OCC(=O)O. The van der Waals surface area contributed by atoms with Crippen LogP contribution in [-0.2, 0) is 9.59 Å². The van der Waals surface area contributed by atoms with E-state index in [0.717, 1.165) is 11.4 Å². The Morgan fingerprint density at radius 3 is 2.43 bits per heavy atom. The lowest BCUT2D eigenvalue weighted by Gasteiger charge is -2.15. The summed E-state index contributed by atoms with van der Waals surface area (Å²) in [6.45, 7) is 1.68. The van der Waals surface area contributed by atoms with Gasteiger partial charge >= 0.3 is 5.97 Å². The van der Waals surface area contributed by atoms with Gasteiger partial charge in [-0.15, -0.1) is 0 Å². The first-order chi connectivity index (χ1) is 17.0. The van der Waals surface area contributed by atoms with Gasteiger partial charge in [-0.1, -0.05) is 36.4 Å². The van der Waals surface area contributed by atoms with E-state index in [2.05, 4.69) is 15.9 Å². The van der Waals surface area contributed by atoms with Gasteiger partial charge in [-0.3, -0.25) is 9.69 Å². The number of para-hydroxylation sites is 2. The van der Waals surface area contributed by atoms with Crippen LogP contribution in [0.25, 0.3) is 6.08 Å². The maximum Gasteiger partial charge on any atom is 0.341 e. The lowest BCUT2D eigenvalue weighted by atomic mass is 10.1. The number of aliphatic carboxylic acids is 1. The molecule has 35 heavy (non-hydrogen) atoms. The fourth-order valence-corrected chi connectivity index (χ4v) is 4.90. The van der Waals surface area contributed by atoms with E-state index >= 15 is 0 Å². The summed E-state index contributed by atoms with van der Waals surface area (Å²) in [7, 11) is 0. The summed E-state index contributed by atoms with van der Waals surface area (Å²) in [4.78, 5) is 31.2. The van der Waals surface area contributed by atoms with E-state index in [4.69, 9.17) is 19.6 Å². The molecule has 4 rings (SSSR count). The van der Waals surface area contributed by atoms with Gasteiger partial charge in [0.05, 0.1) is 27.4 Å². The summed E-state index contributed by atoms with van der Waals surface area (Å²) in [5.41, 5.74) is 2.15. The van der Waals surface area contributed by atoms with Crippen LogP contribution in [0.5, 0.6) is 11.5 Å². The average Bonchev–Trinajstić information content (AvgIpc) is 3.14. The molecule has 1 amide bonds. The molecule has 3 aromatic rings. The summed E-state index contributed by atoms with van der Waals surface area (Å²) in [5, 5.41) is 9.51. The second-order valence-corrected chi connectivity index (χ2v) is 9.13. The highest BCUT2D eigenvalue weighted by Gasteiger charge is 2.34. The molecule has 0 aromatic heterocycles. The quantitative estimate of drug-likeness (QED) is 0.338. The Labute approximate surface area is 215 Å². The molecule has 0 unspecified atom stereocenters. The van der Waals surface area contributed by atoms with Crippen molar-refractivity contribution in [1.82, 2.24) is 0 Å². The Kier molecular flexibility index (Phi) is 7.89. The molecule has 0 bridgehead atoms. The summed E-state index contributed by atoms with van der Waals surface area (Å²) in [6.07, 6.45) is 1.75. The molecular weight excluding hydrogens is 532 g/mol. The molecule has 1 fully saturated rings. The minimum Gasteiger partial charge on any atom is -0.490 e. The molecule has 0 saturated carbocycles. The Morgan fingerprint density at radius 2 is 1.77 bits per heavy atom. The third-order valence-electron chi connectivity index (χ3n) is 4.77. The zero-order valence-corrected chi connectivity index (χ0v) is 21.1. The van der Waals surface area contributed by atoms with Crippen LogP contribution in [0.15, 0.2) is 87.2 Å². The van der Waals surface area contributed by atoms with Crippen molar-refractivity contribution in [3.8, 4) is 11.5 Å². The lowest BCUT2D eigenvalue weighted by Crippen LogP contribution is -2.28. The molecule has 3 aromatic carbocycles. The summed E-state index contributed by atoms with van der Waals surface area (Å²) in [6, 6.07) is 22.3. The van der Waals surface area contributed by atoms with Crippen molar-refractivity contribution in [2.75, 3.05) is 18.1 Å². The van der Waals surface area contributed by atoms with Crippen LogP contribution in [0.3, 0.4) is 0 Å². The number of halogens is 1. The van der Waals surface area contributed by atoms with Gasteiger partial charge in [0.2, 0.25) is 0 Å². The van der Waals surface area contributed by atoms with Crippen LogP contribution in [-0.4, -0.2) is 35.4 Å². The number of anilines is 1. The predicted octanol–water partition coefficient (Wildman–Crippen LogP) is 6.12. The van der Waals surface area contributed by atoms with Crippen LogP contribution >= 0.6 is 27.7 Å². The molecule has 0 aliphatic carbocycles. The van der Waals surface area contributed by atoms with Gasteiger partial charge in [0, 0.05) is 0 Å². The number of carbonyl (C=O) groups excluding carboxylic acids is 1. The van der Waals surface area contributed by atoms with Crippen molar-refractivity contribution in [3.05, 3.63) is 87.7 Å². The van der Waals surface area contributed by atoms with Gasteiger partial charge in [0.1, 0.15) is 0 Å². The number of rotatable bonds is 8. The van der Waals surface area contributed by atoms with Gasteiger partial charge < -0.3 is 14.6 Å². The summed E-state index contributed by atoms with van der Waals surface area (Å²) in [5.74, 6) is -0.622. The number of carbonyl (C=O) groups is 2. The number of hydrogen-bond donors (Lipinski definition) is 1. The number of amides is 1. The number of aliphatic imine (C=N–C) groups is 1. The molecule has 9 heteroatoms. The van der Waals surface area contributed by atoms with Gasteiger partial charge in [-0.2, -0.15) is 0 Å².